The zero-order valence-electron chi connectivity index (χ0n) is 21.8. The topological polar surface area (TPSA) is 3.24 Å². The molecule has 0 N–H and O–H groups in total. The van der Waals surface area contributed by atoms with Crippen molar-refractivity contribution in [1.82, 2.24) is 4.90 Å². The van der Waals surface area contributed by atoms with Gasteiger partial charge in [-0.25, -0.2) is 0 Å². The van der Waals surface area contributed by atoms with E-state index in [1.165, 1.54) is 134 Å². The minimum absolute atomic E-state index is 1.10. The molecule has 0 aliphatic rings. The van der Waals surface area contributed by atoms with Crippen LogP contribution in [-0.2, 0) is 0 Å². The van der Waals surface area contributed by atoms with E-state index in [4.69, 9.17) is 0 Å². The Morgan fingerprint density at radius 1 is 0.531 bits per heavy atom. The highest BCUT2D eigenvalue weighted by Gasteiger charge is 2.03. The highest BCUT2D eigenvalue weighted by molar-refractivity contribution is 5.48. The SMILES string of the molecule is CCCCCCCCCCCN(CC=Cc1ccccc1)CCCCCCCCCCC. The van der Waals surface area contributed by atoms with Gasteiger partial charge in [0.15, 0.2) is 0 Å². The number of benzene rings is 1. The fourth-order valence-electron chi connectivity index (χ4n) is 4.49. The van der Waals surface area contributed by atoms with E-state index in [0.717, 1.165) is 6.54 Å². The molecule has 1 heteroatoms. The van der Waals surface area contributed by atoms with Crippen LogP contribution in [0.5, 0.6) is 0 Å². The van der Waals surface area contributed by atoms with Crippen LogP contribution < -0.4 is 0 Å². The Balaban J connectivity index is 2.19. The molecule has 0 saturated carbocycles. The zero-order chi connectivity index (χ0) is 23.0. The number of hydrogen-bond donors (Lipinski definition) is 0. The third kappa shape index (κ3) is 18.5. The summed E-state index contributed by atoms with van der Waals surface area (Å²) in [6.45, 7) is 8.24. The third-order valence-corrected chi connectivity index (χ3v) is 6.63. The smallest absolute Gasteiger partial charge is 0.0166 e. The summed E-state index contributed by atoms with van der Waals surface area (Å²) in [4.78, 5) is 2.70. The van der Waals surface area contributed by atoms with Crippen molar-refractivity contribution in [1.29, 1.82) is 0 Å². The van der Waals surface area contributed by atoms with Gasteiger partial charge in [0.05, 0.1) is 0 Å². The maximum absolute atomic E-state index is 2.70. The van der Waals surface area contributed by atoms with E-state index in [1.54, 1.807) is 0 Å². The molecule has 0 atom stereocenters. The van der Waals surface area contributed by atoms with Crippen LogP contribution in [0, 0.1) is 0 Å². The molecule has 0 aromatic heterocycles. The fourth-order valence-corrected chi connectivity index (χ4v) is 4.49. The molecule has 0 bridgehead atoms. The number of hydrogen-bond acceptors (Lipinski definition) is 1. The molecule has 0 radical (unpaired) electrons. The van der Waals surface area contributed by atoms with Crippen molar-refractivity contribution in [2.75, 3.05) is 19.6 Å². The van der Waals surface area contributed by atoms with E-state index in [9.17, 15) is 0 Å². The monoisotopic (exact) mass is 441 g/mol. The highest BCUT2D eigenvalue weighted by Crippen LogP contribution is 2.12. The molecule has 0 unspecified atom stereocenters. The molecule has 0 spiro atoms. The summed E-state index contributed by atoms with van der Waals surface area (Å²) in [6.07, 6.45) is 30.2. The first-order valence-electron chi connectivity index (χ1n) is 14.3. The molecule has 0 aliphatic heterocycles. The van der Waals surface area contributed by atoms with Crippen LogP contribution in [-0.4, -0.2) is 24.5 Å². The van der Waals surface area contributed by atoms with Crippen molar-refractivity contribution in [3.05, 3.63) is 42.0 Å². The molecule has 32 heavy (non-hydrogen) atoms. The molecule has 0 aliphatic carbocycles. The van der Waals surface area contributed by atoms with Gasteiger partial charge in [-0.2, -0.15) is 0 Å². The van der Waals surface area contributed by atoms with Gasteiger partial charge in [0, 0.05) is 6.54 Å². The van der Waals surface area contributed by atoms with Gasteiger partial charge in [0.2, 0.25) is 0 Å². The molecule has 184 valence electrons. The normalized spacial score (nSPS) is 11.7. The Labute approximate surface area is 202 Å². The lowest BCUT2D eigenvalue weighted by atomic mass is 10.1. The third-order valence-electron chi connectivity index (χ3n) is 6.63. The first-order chi connectivity index (χ1) is 15.9. The van der Waals surface area contributed by atoms with Crippen molar-refractivity contribution >= 4 is 6.08 Å². The number of rotatable bonds is 23. The fraction of sp³-hybridized carbons (Fsp3) is 0.742. The lowest BCUT2D eigenvalue weighted by molar-refractivity contribution is 0.286. The van der Waals surface area contributed by atoms with E-state index in [1.807, 2.05) is 0 Å². The van der Waals surface area contributed by atoms with E-state index in [0.29, 0.717) is 0 Å². The van der Waals surface area contributed by atoms with Crippen molar-refractivity contribution in [2.24, 2.45) is 0 Å². The highest BCUT2D eigenvalue weighted by atomic mass is 15.1. The van der Waals surface area contributed by atoms with Crippen molar-refractivity contribution < 1.29 is 0 Å². The molecule has 0 heterocycles. The van der Waals surface area contributed by atoms with Gasteiger partial charge < -0.3 is 0 Å². The second kappa shape index (κ2) is 23.1. The quantitative estimate of drug-likeness (QED) is 0.153. The molecule has 1 nitrogen and oxygen atoms in total. The molecule has 0 amide bonds. The summed E-state index contributed by atoms with van der Waals surface area (Å²) in [5, 5.41) is 0. The summed E-state index contributed by atoms with van der Waals surface area (Å²) in [6, 6.07) is 10.7. The largest absolute Gasteiger partial charge is 0.300 e. The predicted molar refractivity (Wildman–Crippen MR) is 146 cm³/mol. The molecule has 1 aromatic carbocycles. The molecule has 0 fully saturated rings. The average Bonchev–Trinajstić information content (AvgIpc) is 2.82. The van der Waals surface area contributed by atoms with Gasteiger partial charge in [-0.1, -0.05) is 159 Å². The summed E-state index contributed by atoms with van der Waals surface area (Å²) >= 11 is 0. The Morgan fingerprint density at radius 3 is 1.38 bits per heavy atom. The van der Waals surface area contributed by atoms with Crippen molar-refractivity contribution in [2.45, 2.75) is 129 Å². The summed E-state index contributed by atoms with van der Waals surface area (Å²) in [7, 11) is 0. The van der Waals surface area contributed by atoms with E-state index >= 15 is 0 Å². The van der Waals surface area contributed by atoms with Crippen LogP contribution in [0.25, 0.3) is 6.08 Å². The molecular formula is C31H55N. The number of unbranched alkanes of at least 4 members (excludes halogenated alkanes) is 16. The predicted octanol–water partition coefficient (Wildman–Crippen LogP) is 10.1. The van der Waals surface area contributed by atoms with Crippen LogP contribution in [0.3, 0.4) is 0 Å². The zero-order valence-corrected chi connectivity index (χ0v) is 21.8. The molecule has 1 aromatic rings. The number of nitrogens with zero attached hydrogens (tertiary/aromatic N) is 1. The van der Waals surface area contributed by atoms with E-state index < -0.39 is 0 Å². The minimum atomic E-state index is 1.10. The van der Waals surface area contributed by atoms with Crippen LogP contribution in [0.4, 0.5) is 0 Å². The average molecular weight is 442 g/mol. The van der Waals surface area contributed by atoms with Gasteiger partial charge in [0.1, 0.15) is 0 Å². The van der Waals surface area contributed by atoms with Gasteiger partial charge in [-0.05, 0) is 31.5 Å². The van der Waals surface area contributed by atoms with Gasteiger partial charge in [-0.15, -0.1) is 0 Å². The molecular weight excluding hydrogens is 386 g/mol. The van der Waals surface area contributed by atoms with E-state index in [2.05, 4.69) is 61.2 Å². The Hall–Kier alpha value is -1.08. The second-order valence-electron chi connectivity index (χ2n) is 9.77. The summed E-state index contributed by atoms with van der Waals surface area (Å²) < 4.78 is 0. The molecule has 0 saturated heterocycles. The minimum Gasteiger partial charge on any atom is -0.300 e. The maximum atomic E-state index is 2.70. The lowest BCUT2D eigenvalue weighted by Crippen LogP contribution is -2.26. The van der Waals surface area contributed by atoms with Gasteiger partial charge in [-0.3, -0.25) is 4.90 Å². The van der Waals surface area contributed by atoms with Crippen LogP contribution >= 0.6 is 0 Å². The molecule has 1 rings (SSSR count). The van der Waals surface area contributed by atoms with Crippen LogP contribution in [0.1, 0.15) is 135 Å². The lowest BCUT2D eigenvalue weighted by Gasteiger charge is -2.20. The van der Waals surface area contributed by atoms with Gasteiger partial charge >= 0.3 is 0 Å². The Morgan fingerprint density at radius 2 is 0.938 bits per heavy atom. The van der Waals surface area contributed by atoms with Crippen molar-refractivity contribution in [3.8, 4) is 0 Å². The first kappa shape index (κ1) is 29.0. The van der Waals surface area contributed by atoms with Crippen LogP contribution in [0.2, 0.25) is 0 Å². The second-order valence-corrected chi connectivity index (χ2v) is 9.77. The standard InChI is InChI=1S/C31H55N/c1-3-5-7-9-11-13-15-17-22-28-32(30-24-27-31-25-20-19-21-26-31)29-23-18-16-14-12-10-8-6-4-2/h19-21,24-27H,3-18,22-23,28-30H2,1-2H3. The first-order valence-corrected chi connectivity index (χ1v) is 14.3. The summed E-state index contributed by atoms with van der Waals surface area (Å²) in [5.74, 6) is 0. The van der Waals surface area contributed by atoms with Gasteiger partial charge in [0.25, 0.3) is 0 Å². The van der Waals surface area contributed by atoms with E-state index in [-0.39, 0.29) is 0 Å². The Kier molecular flexibility index (Phi) is 20.9. The Bertz CT molecular complexity index is 484. The maximum Gasteiger partial charge on any atom is 0.0166 e. The van der Waals surface area contributed by atoms with Crippen molar-refractivity contribution in [3.63, 3.8) is 0 Å². The van der Waals surface area contributed by atoms with Crippen LogP contribution in [0.15, 0.2) is 36.4 Å². The summed E-state index contributed by atoms with van der Waals surface area (Å²) in [5.41, 5.74) is 1.32.